The number of hydrogen-bond acceptors (Lipinski definition) is 3. The van der Waals surface area contributed by atoms with Crippen molar-refractivity contribution >= 4 is 0 Å². The van der Waals surface area contributed by atoms with Crippen molar-refractivity contribution in [2.75, 3.05) is 20.1 Å². The van der Waals surface area contributed by atoms with Crippen molar-refractivity contribution < 1.29 is 0 Å². The average Bonchev–Trinajstić information content (AvgIpc) is 2.17. The van der Waals surface area contributed by atoms with Gasteiger partial charge in [0.25, 0.3) is 0 Å². The first kappa shape index (κ1) is 11.5. The largest absolute Gasteiger partial charge is 0.312 e. The number of rotatable bonds is 4. The van der Waals surface area contributed by atoms with Crippen molar-refractivity contribution in [1.82, 2.24) is 10.2 Å². The standard InChI is InChI=1S/C11H21N3/c1-10(6-7-12)13-9-11-5-3-4-8-14(11)2/h10-11,13H,3-6,8-9H2,1-2H3. The normalized spacial score (nSPS) is 25.6. The van der Waals surface area contributed by atoms with E-state index >= 15 is 0 Å². The summed E-state index contributed by atoms with van der Waals surface area (Å²) in [6.45, 7) is 4.32. The van der Waals surface area contributed by atoms with Crippen LogP contribution in [0, 0.1) is 11.3 Å². The topological polar surface area (TPSA) is 39.1 Å². The molecule has 1 fully saturated rings. The summed E-state index contributed by atoms with van der Waals surface area (Å²) in [5, 5.41) is 11.9. The molecule has 1 heterocycles. The minimum atomic E-state index is 0.329. The molecule has 0 amide bonds. The quantitative estimate of drug-likeness (QED) is 0.736. The molecule has 0 aromatic carbocycles. The van der Waals surface area contributed by atoms with E-state index in [1.165, 1.54) is 25.8 Å². The Labute approximate surface area is 87.1 Å². The molecule has 1 aliphatic heterocycles. The van der Waals surface area contributed by atoms with Gasteiger partial charge in [-0.2, -0.15) is 5.26 Å². The Hall–Kier alpha value is -0.590. The predicted octanol–water partition coefficient (Wildman–Crippen LogP) is 1.36. The summed E-state index contributed by atoms with van der Waals surface area (Å²) < 4.78 is 0. The van der Waals surface area contributed by atoms with Crippen LogP contribution in [0.25, 0.3) is 0 Å². The Morgan fingerprint density at radius 1 is 1.57 bits per heavy atom. The second-order valence-corrected chi connectivity index (χ2v) is 4.30. The molecule has 3 heteroatoms. The van der Waals surface area contributed by atoms with Crippen LogP contribution in [-0.2, 0) is 0 Å². The third kappa shape index (κ3) is 3.65. The van der Waals surface area contributed by atoms with Gasteiger partial charge >= 0.3 is 0 Å². The van der Waals surface area contributed by atoms with Crippen molar-refractivity contribution in [3.8, 4) is 6.07 Å². The lowest BCUT2D eigenvalue weighted by Gasteiger charge is -2.33. The lowest BCUT2D eigenvalue weighted by molar-refractivity contribution is 0.178. The van der Waals surface area contributed by atoms with Gasteiger partial charge in [0, 0.05) is 18.6 Å². The van der Waals surface area contributed by atoms with Crippen LogP contribution in [0.5, 0.6) is 0 Å². The van der Waals surface area contributed by atoms with Crippen LogP contribution in [0.1, 0.15) is 32.6 Å². The molecule has 3 nitrogen and oxygen atoms in total. The van der Waals surface area contributed by atoms with Gasteiger partial charge in [0.2, 0.25) is 0 Å². The number of likely N-dealkylation sites (tertiary alicyclic amines) is 1. The molecule has 0 bridgehead atoms. The van der Waals surface area contributed by atoms with Crippen molar-refractivity contribution in [2.24, 2.45) is 0 Å². The first-order valence-corrected chi connectivity index (χ1v) is 5.54. The third-order valence-electron chi connectivity index (χ3n) is 3.02. The van der Waals surface area contributed by atoms with E-state index in [4.69, 9.17) is 5.26 Å². The molecule has 1 rings (SSSR count). The summed E-state index contributed by atoms with van der Waals surface area (Å²) in [4.78, 5) is 2.43. The van der Waals surface area contributed by atoms with E-state index in [0.717, 1.165) is 6.54 Å². The molecular formula is C11H21N3. The van der Waals surface area contributed by atoms with Crippen molar-refractivity contribution in [3.05, 3.63) is 0 Å². The fourth-order valence-electron chi connectivity index (χ4n) is 1.95. The summed E-state index contributed by atoms with van der Waals surface area (Å²) in [7, 11) is 2.19. The maximum atomic E-state index is 8.53. The molecule has 2 unspecified atom stereocenters. The Balaban J connectivity index is 2.19. The molecule has 0 spiro atoms. The number of nitrogens with one attached hydrogen (secondary N) is 1. The van der Waals surface area contributed by atoms with Gasteiger partial charge in [0.15, 0.2) is 0 Å². The molecule has 0 aromatic heterocycles. The van der Waals surface area contributed by atoms with Crippen LogP contribution in [0.4, 0.5) is 0 Å². The summed E-state index contributed by atoms with van der Waals surface area (Å²) in [5.74, 6) is 0. The van der Waals surface area contributed by atoms with Gasteiger partial charge in [-0.15, -0.1) is 0 Å². The molecule has 1 aliphatic rings. The van der Waals surface area contributed by atoms with Gasteiger partial charge in [0.1, 0.15) is 0 Å². The molecule has 1 saturated heterocycles. The minimum Gasteiger partial charge on any atom is -0.312 e. The first-order valence-electron chi connectivity index (χ1n) is 5.54. The van der Waals surface area contributed by atoms with Crippen LogP contribution in [-0.4, -0.2) is 37.1 Å². The molecule has 0 radical (unpaired) electrons. The first-order chi connectivity index (χ1) is 6.74. The fraction of sp³-hybridized carbons (Fsp3) is 0.909. The van der Waals surface area contributed by atoms with E-state index < -0.39 is 0 Å². The van der Waals surface area contributed by atoms with Gasteiger partial charge in [-0.1, -0.05) is 6.42 Å². The molecular weight excluding hydrogens is 174 g/mol. The number of nitriles is 1. The molecule has 0 saturated carbocycles. The van der Waals surface area contributed by atoms with Crippen LogP contribution in [0.15, 0.2) is 0 Å². The third-order valence-corrected chi connectivity index (χ3v) is 3.02. The fourth-order valence-corrected chi connectivity index (χ4v) is 1.95. The van der Waals surface area contributed by atoms with Crippen LogP contribution < -0.4 is 5.32 Å². The van der Waals surface area contributed by atoms with E-state index in [-0.39, 0.29) is 0 Å². The molecule has 2 atom stereocenters. The van der Waals surface area contributed by atoms with E-state index in [2.05, 4.69) is 30.3 Å². The summed E-state index contributed by atoms with van der Waals surface area (Å²) >= 11 is 0. The highest BCUT2D eigenvalue weighted by molar-refractivity contribution is 4.81. The van der Waals surface area contributed by atoms with E-state index in [0.29, 0.717) is 18.5 Å². The summed E-state index contributed by atoms with van der Waals surface area (Å²) in [5.41, 5.74) is 0. The second kappa shape index (κ2) is 6.00. The zero-order valence-electron chi connectivity index (χ0n) is 9.29. The highest BCUT2D eigenvalue weighted by Crippen LogP contribution is 2.14. The smallest absolute Gasteiger partial charge is 0.0638 e. The predicted molar refractivity (Wildman–Crippen MR) is 58.0 cm³/mol. The van der Waals surface area contributed by atoms with Crippen molar-refractivity contribution in [3.63, 3.8) is 0 Å². The Morgan fingerprint density at radius 3 is 3.00 bits per heavy atom. The van der Waals surface area contributed by atoms with Gasteiger partial charge < -0.3 is 10.2 Å². The lowest BCUT2D eigenvalue weighted by atomic mass is 10.0. The van der Waals surface area contributed by atoms with Gasteiger partial charge in [-0.25, -0.2) is 0 Å². The Morgan fingerprint density at radius 2 is 2.36 bits per heavy atom. The van der Waals surface area contributed by atoms with Crippen LogP contribution in [0.2, 0.25) is 0 Å². The van der Waals surface area contributed by atoms with E-state index in [1.807, 2.05) is 0 Å². The summed E-state index contributed by atoms with van der Waals surface area (Å²) in [6, 6.07) is 3.19. The Kier molecular flexibility index (Phi) is 4.92. The average molecular weight is 195 g/mol. The molecule has 14 heavy (non-hydrogen) atoms. The highest BCUT2D eigenvalue weighted by atomic mass is 15.2. The summed E-state index contributed by atoms with van der Waals surface area (Å²) in [6.07, 6.45) is 4.59. The number of nitrogens with zero attached hydrogens (tertiary/aromatic N) is 2. The van der Waals surface area contributed by atoms with E-state index in [1.54, 1.807) is 0 Å². The van der Waals surface area contributed by atoms with Crippen molar-refractivity contribution in [1.29, 1.82) is 5.26 Å². The second-order valence-electron chi connectivity index (χ2n) is 4.30. The zero-order valence-corrected chi connectivity index (χ0v) is 9.29. The highest BCUT2D eigenvalue weighted by Gasteiger charge is 2.18. The number of piperidine rings is 1. The van der Waals surface area contributed by atoms with Crippen LogP contribution >= 0.6 is 0 Å². The molecule has 80 valence electrons. The lowest BCUT2D eigenvalue weighted by Crippen LogP contribution is -2.45. The SMILES string of the molecule is CC(CC#N)NCC1CCCCN1C. The van der Waals surface area contributed by atoms with Gasteiger partial charge in [-0.05, 0) is 33.4 Å². The number of likely N-dealkylation sites (N-methyl/N-ethyl adjacent to an activating group) is 1. The van der Waals surface area contributed by atoms with Crippen molar-refractivity contribution in [2.45, 2.75) is 44.7 Å². The number of hydrogen-bond donors (Lipinski definition) is 1. The maximum absolute atomic E-state index is 8.53. The maximum Gasteiger partial charge on any atom is 0.0638 e. The van der Waals surface area contributed by atoms with Gasteiger partial charge in [-0.3, -0.25) is 0 Å². The monoisotopic (exact) mass is 195 g/mol. The van der Waals surface area contributed by atoms with E-state index in [9.17, 15) is 0 Å². The zero-order chi connectivity index (χ0) is 10.4. The van der Waals surface area contributed by atoms with Crippen LogP contribution in [0.3, 0.4) is 0 Å². The Bertz CT molecular complexity index is 197. The molecule has 1 N–H and O–H groups in total. The van der Waals surface area contributed by atoms with Gasteiger partial charge in [0.05, 0.1) is 12.5 Å². The minimum absolute atomic E-state index is 0.329. The molecule has 0 aliphatic carbocycles. The molecule has 0 aromatic rings.